The molecule has 0 N–H and O–H groups in total. The van der Waals surface area contributed by atoms with Gasteiger partial charge < -0.3 is 0 Å². The van der Waals surface area contributed by atoms with E-state index in [9.17, 15) is 9.18 Å². The lowest BCUT2D eigenvalue weighted by Crippen LogP contribution is -1.85. The van der Waals surface area contributed by atoms with Crippen LogP contribution in [0.1, 0.15) is 16.6 Å². The van der Waals surface area contributed by atoms with Crippen LogP contribution >= 0.6 is 27.3 Å². The Labute approximate surface area is 105 Å². The molecule has 0 radical (unpaired) electrons. The zero-order valence-corrected chi connectivity index (χ0v) is 10.9. The number of hydrogen-bond donors (Lipinski definition) is 0. The zero-order valence-electron chi connectivity index (χ0n) is 8.46. The predicted molar refractivity (Wildman–Crippen MR) is 67.4 cm³/mol. The average molecular weight is 299 g/mol. The van der Waals surface area contributed by atoms with Gasteiger partial charge in [-0.2, -0.15) is 0 Å². The maximum atomic E-state index is 12.8. The molecular weight excluding hydrogens is 291 g/mol. The molecule has 1 aromatic carbocycles. The van der Waals surface area contributed by atoms with Crippen LogP contribution < -0.4 is 0 Å². The number of benzene rings is 1. The highest BCUT2D eigenvalue weighted by atomic mass is 79.9. The van der Waals surface area contributed by atoms with Crippen molar-refractivity contribution in [2.45, 2.75) is 6.92 Å². The van der Waals surface area contributed by atoms with Crippen LogP contribution in [0, 0.1) is 5.82 Å². The Kier molecular flexibility index (Phi) is 3.21. The molecule has 2 rings (SSSR count). The Morgan fingerprint density at radius 3 is 2.44 bits per heavy atom. The second-order valence-corrected chi connectivity index (χ2v) is 5.26. The molecule has 0 aliphatic carbocycles. The first kappa shape index (κ1) is 11.5. The molecule has 0 fully saturated rings. The number of halogens is 2. The average Bonchev–Trinajstić information content (AvgIpc) is 2.61. The van der Waals surface area contributed by atoms with Gasteiger partial charge in [0.25, 0.3) is 0 Å². The van der Waals surface area contributed by atoms with Crippen molar-refractivity contribution in [3.8, 4) is 10.4 Å². The highest BCUT2D eigenvalue weighted by Crippen LogP contribution is 2.34. The van der Waals surface area contributed by atoms with E-state index in [1.165, 1.54) is 30.4 Å². The molecule has 1 aromatic heterocycles. The van der Waals surface area contributed by atoms with Crippen molar-refractivity contribution < 1.29 is 9.18 Å². The van der Waals surface area contributed by atoms with E-state index in [1.807, 2.05) is 6.07 Å². The van der Waals surface area contributed by atoms with E-state index in [1.54, 1.807) is 12.1 Å². The van der Waals surface area contributed by atoms with Gasteiger partial charge in [0, 0.05) is 9.35 Å². The topological polar surface area (TPSA) is 17.1 Å². The monoisotopic (exact) mass is 298 g/mol. The second-order valence-electron chi connectivity index (χ2n) is 3.35. The first-order valence-electron chi connectivity index (χ1n) is 4.64. The summed E-state index contributed by atoms with van der Waals surface area (Å²) in [6.07, 6.45) is 0. The number of thiophene rings is 1. The fourth-order valence-corrected chi connectivity index (χ4v) is 3.22. The van der Waals surface area contributed by atoms with Crippen molar-refractivity contribution in [2.24, 2.45) is 0 Å². The van der Waals surface area contributed by atoms with E-state index >= 15 is 0 Å². The van der Waals surface area contributed by atoms with Crippen LogP contribution in [0.4, 0.5) is 4.39 Å². The summed E-state index contributed by atoms with van der Waals surface area (Å²) in [4.78, 5) is 12.9. The van der Waals surface area contributed by atoms with Crippen LogP contribution in [-0.2, 0) is 0 Å². The van der Waals surface area contributed by atoms with Gasteiger partial charge >= 0.3 is 0 Å². The fourth-order valence-electron chi connectivity index (χ4n) is 1.37. The van der Waals surface area contributed by atoms with Crippen LogP contribution in [0.15, 0.2) is 34.8 Å². The molecule has 0 aliphatic rings. The first-order valence-corrected chi connectivity index (χ1v) is 6.25. The normalized spacial score (nSPS) is 10.4. The van der Waals surface area contributed by atoms with Crippen molar-refractivity contribution in [1.82, 2.24) is 0 Å². The van der Waals surface area contributed by atoms with Crippen LogP contribution in [0.5, 0.6) is 0 Å². The molecule has 0 atom stereocenters. The van der Waals surface area contributed by atoms with E-state index in [2.05, 4.69) is 15.9 Å². The molecule has 1 nitrogen and oxygen atoms in total. The summed E-state index contributed by atoms with van der Waals surface area (Å²) < 4.78 is 13.6. The van der Waals surface area contributed by atoms with Crippen LogP contribution in [0.3, 0.4) is 0 Å². The third-order valence-electron chi connectivity index (χ3n) is 2.14. The van der Waals surface area contributed by atoms with Crippen molar-refractivity contribution >= 4 is 33.0 Å². The molecule has 2 aromatic rings. The molecule has 4 heteroatoms. The van der Waals surface area contributed by atoms with Gasteiger partial charge in [-0.3, -0.25) is 4.79 Å². The third kappa shape index (κ3) is 2.23. The summed E-state index contributed by atoms with van der Waals surface area (Å²) in [6, 6.07) is 8.12. The zero-order chi connectivity index (χ0) is 11.7. The minimum Gasteiger partial charge on any atom is -0.294 e. The maximum Gasteiger partial charge on any atom is 0.170 e. The molecule has 0 spiro atoms. The number of ketones is 1. The molecule has 0 saturated carbocycles. The summed E-state index contributed by atoms with van der Waals surface area (Å²) in [6.45, 7) is 1.53. The van der Waals surface area contributed by atoms with Gasteiger partial charge in [0.2, 0.25) is 0 Å². The fraction of sp³-hybridized carbons (Fsp3) is 0.0833. The summed E-state index contributed by atoms with van der Waals surface area (Å²) in [5.41, 5.74) is 0.916. The first-order chi connectivity index (χ1) is 7.58. The van der Waals surface area contributed by atoms with Gasteiger partial charge in [0.15, 0.2) is 5.78 Å². The van der Waals surface area contributed by atoms with Crippen molar-refractivity contribution in [3.63, 3.8) is 0 Å². The van der Waals surface area contributed by atoms with Gasteiger partial charge in [0.05, 0.1) is 4.88 Å². The number of Topliss-reactive ketones (excluding diaryl/α,β-unsaturated/α-hetero) is 1. The highest BCUT2D eigenvalue weighted by molar-refractivity contribution is 9.10. The van der Waals surface area contributed by atoms with Crippen LogP contribution in [0.25, 0.3) is 10.4 Å². The molecule has 0 saturated heterocycles. The van der Waals surface area contributed by atoms with Gasteiger partial charge in [0.1, 0.15) is 5.82 Å². The van der Waals surface area contributed by atoms with Crippen LogP contribution in [0.2, 0.25) is 0 Å². The standard InChI is InChI=1S/C12H8BrFOS/c1-7(15)12-10(13)6-11(16-12)8-2-4-9(14)5-3-8/h2-6H,1H3. The Morgan fingerprint density at radius 2 is 1.94 bits per heavy atom. The maximum absolute atomic E-state index is 12.8. The largest absolute Gasteiger partial charge is 0.294 e. The lowest BCUT2D eigenvalue weighted by atomic mass is 10.2. The van der Waals surface area contributed by atoms with Crippen molar-refractivity contribution in [2.75, 3.05) is 0 Å². The van der Waals surface area contributed by atoms with E-state index in [0.717, 1.165) is 14.9 Å². The quantitative estimate of drug-likeness (QED) is 0.745. The molecule has 82 valence electrons. The lowest BCUT2D eigenvalue weighted by molar-refractivity contribution is 0.102. The molecule has 0 bridgehead atoms. The molecular formula is C12H8BrFOS. The number of rotatable bonds is 2. The molecule has 0 unspecified atom stereocenters. The van der Waals surface area contributed by atoms with Gasteiger partial charge in [-0.1, -0.05) is 12.1 Å². The minimum absolute atomic E-state index is 0.0326. The molecule has 1 heterocycles. The lowest BCUT2D eigenvalue weighted by Gasteiger charge is -1.95. The van der Waals surface area contributed by atoms with Gasteiger partial charge in [-0.15, -0.1) is 11.3 Å². The number of carbonyl (C=O) groups is 1. The summed E-state index contributed by atoms with van der Waals surface area (Å²) >= 11 is 4.75. The van der Waals surface area contributed by atoms with Crippen molar-refractivity contribution in [3.05, 3.63) is 45.5 Å². The Balaban J connectivity index is 2.45. The highest BCUT2D eigenvalue weighted by Gasteiger charge is 2.11. The number of hydrogen-bond acceptors (Lipinski definition) is 2. The SMILES string of the molecule is CC(=O)c1sc(-c2ccc(F)cc2)cc1Br. The van der Waals surface area contributed by atoms with Crippen molar-refractivity contribution in [1.29, 1.82) is 0 Å². The summed E-state index contributed by atoms with van der Waals surface area (Å²) in [5, 5.41) is 0. The van der Waals surface area contributed by atoms with Gasteiger partial charge in [-0.25, -0.2) is 4.39 Å². The molecule has 16 heavy (non-hydrogen) atoms. The second kappa shape index (κ2) is 4.47. The van der Waals surface area contributed by atoms with E-state index in [0.29, 0.717) is 4.88 Å². The molecule has 0 amide bonds. The Hall–Kier alpha value is -1.000. The van der Waals surface area contributed by atoms with E-state index < -0.39 is 0 Å². The Morgan fingerprint density at radius 1 is 1.31 bits per heavy atom. The smallest absolute Gasteiger partial charge is 0.170 e. The predicted octanol–water partition coefficient (Wildman–Crippen LogP) is 4.52. The third-order valence-corrected chi connectivity index (χ3v) is 4.31. The number of carbonyl (C=O) groups excluding carboxylic acids is 1. The minimum atomic E-state index is -0.258. The summed E-state index contributed by atoms with van der Waals surface area (Å²) in [5.74, 6) is -0.226. The van der Waals surface area contributed by atoms with E-state index in [4.69, 9.17) is 0 Å². The molecule has 0 aliphatic heterocycles. The van der Waals surface area contributed by atoms with Gasteiger partial charge in [-0.05, 0) is 46.6 Å². The van der Waals surface area contributed by atoms with Crippen LogP contribution in [-0.4, -0.2) is 5.78 Å². The summed E-state index contributed by atoms with van der Waals surface area (Å²) in [7, 11) is 0. The van der Waals surface area contributed by atoms with E-state index in [-0.39, 0.29) is 11.6 Å². The Bertz CT molecular complexity index is 530.